The van der Waals surface area contributed by atoms with E-state index in [0.717, 1.165) is 84.0 Å². The van der Waals surface area contributed by atoms with Gasteiger partial charge in [-0.25, -0.2) is 0 Å². The van der Waals surface area contributed by atoms with Gasteiger partial charge in [0.25, 0.3) is 0 Å². The SMILES string of the molecule is CN/C1=C(\NN)c2ccccc2N(C(=O)CCC(=O)NCCOCCOCCOCCOCCC(=O)N[C@H](CCCCNC(=O)COC2CCCCCC3=C2NNN3[C@H]2O[C@H](CO)[C@@H](O[C@H]3O[C@H](CO)[C@@H](O)[C@H](O)[C@H]3O)[C@H](O)[C@H]2O)C(=O)N[C@H](C(=O)C[C@@H](C)C(=O)N[C@@H](CO)C(=O)Cc2ccc3c(c2)[C@@]2(C)CCC[C@](C)(C(=O)NC(=O)[C@@]4(C)CCC[C@]5(C)c6cc(O)ccc6CC[C@@H]45)[C@@H]2CC3)C(C)C)Cc2ccccc21. The number of hydrazine groups is 3. The minimum Gasteiger partial charge on any atom is -0.508 e. The van der Waals surface area contributed by atoms with Crippen molar-refractivity contribution in [3.8, 4) is 5.75 Å². The second-order valence-corrected chi connectivity index (χ2v) is 41.6. The van der Waals surface area contributed by atoms with E-state index in [9.17, 15) is 93.9 Å². The van der Waals surface area contributed by atoms with Gasteiger partial charge in [-0.15, -0.1) is 5.53 Å². The normalized spacial score (nSPS) is 28.2. The average Bonchev–Trinajstić information content (AvgIpc) is 0.836. The first-order valence-electron chi connectivity index (χ1n) is 51.9. The predicted octanol–water partition coefficient (Wildman–Crippen LogP) is 2.77. The molecule has 4 heterocycles. The summed E-state index contributed by atoms with van der Waals surface area (Å²) in [5, 5.41) is 118. The summed E-state index contributed by atoms with van der Waals surface area (Å²) in [4.78, 5) is 143. The van der Waals surface area contributed by atoms with Gasteiger partial charge in [-0.3, -0.25) is 64.1 Å². The first kappa shape index (κ1) is 113. The molecule has 0 aromatic heterocycles. The summed E-state index contributed by atoms with van der Waals surface area (Å²) in [5.41, 5.74) is 17.0. The van der Waals surface area contributed by atoms with Crippen molar-refractivity contribution in [3.63, 3.8) is 0 Å². The Bertz CT molecular complexity index is 5260. The quantitative estimate of drug-likeness (QED) is 0.0131. The molecule has 40 heteroatoms. The van der Waals surface area contributed by atoms with Gasteiger partial charge >= 0.3 is 0 Å². The molecule has 4 aromatic carbocycles. The molecule has 4 aromatic rings. The number of nitrogens with two attached hydrogens (primary N) is 1. The number of fused-ring (bicyclic) bond motifs is 8. The Morgan fingerprint density at radius 2 is 1.20 bits per heavy atom. The van der Waals surface area contributed by atoms with Crippen LogP contribution in [0.25, 0.3) is 11.4 Å². The van der Waals surface area contributed by atoms with E-state index in [-0.39, 0.29) is 164 Å². The molecule has 21 N–H and O–H groups in total. The number of hydrogen-bond donors (Lipinski definition) is 20. The molecule has 40 nitrogen and oxygen atoms in total. The van der Waals surface area contributed by atoms with Gasteiger partial charge in [0, 0.05) is 69.3 Å². The Hall–Kier alpha value is -10.1. The van der Waals surface area contributed by atoms with E-state index in [1.807, 2.05) is 99.8 Å². The number of aliphatic hydroxyl groups excluding tert-OH is 8. The summed E-state index contributed by atoms with van der Waals surface area (Å²) in [6, 6.07) is 22.9. The van der Waals surface area contributed by atoms with Gasteiger partial charge in [0.05, 0.1) is 125 Å². The van der Waals surface area contributed by atoms with Crippen molar-refractivity contribution in [3.05, 3.63) is 141 Å². The second-order valence-electron chi connectivity index (χ2n) is 41.6. The number of phenolic OH excluding ortho intramolecular Hbond substituents is 1. The van der Waals surface area contributed by atoms with Crippen LogP contribution in [0.1, 0.15) is 221 Å². The number of phenols is 1. The third-order valence-corrected chi connectivity index (χ3v) is 31.5. The molecule has 0 spiro atoms. The fraction of sp³-hybridized carbons (Fsp3) is 0.642. The number of nitrogens with one attached hydrogen (secondary N) is 10. The molecule has 13 rings (SSSR count). The third-order valence-electron chi connectivity index (χ3n) is 31.5. The summed E-state index contributed by atoms with van der Waals surface area (Å²) >= 11 is 0. The number of Topliss-reactive ketones (excluding diaryl/α,β-unsaturated/α-hetero) is 2. The fourth-order valence-electron chi connectivity index (χ4n) is 23.4. The van der Waals surface area contributed by atoms with Gasteiger partial charge in [0.2, 0.25) is 47.3 Å². The number of aryl methyl sites for hydroxylation is 2. The van der Waals surface area contributed by atoms with E-state index >= 15 is 0 Å². The lowest BCUT2D eigenvalue weighted by Gasteiger charge is -2.56. The Labute approximate surface area is 852 Å². The van der Waals surface area contributed by atoms with Gasteiger partial charge < -0.3 is 132 Å². The highest BCUT2D eigenvalue weighted by Gasteiger charge is 2.60. The van der Waals surface area contributed by atoms with E-state index in [1.54, 1.807) is 24.8 Å². The van der Waals surface area contributed by atoms with Crippen molar-refractivity contribution in [1.29, 1.82) is 0 Å². The second kappa shape index (κ2) is 51.9. The topological polar surface area (TPSA) is 579 Å². The van der Waals surface area contributed by atoms with Gasteiger partial charge in [-0.05, 0) is 170 Å². The Morgan fingerprint density at radius 3 is 1.85 bits per heavy atom. The number of para-hydroxylation sites is 1. The molecule has 804 valence electrons. The number of amides is 8. The van der Waals surface area contributed by atoms with Crippen LogP contribution in [0.2, 0.25) is 0 Å². The maximum atomic E-state index is 15.0. The van der Waals surface area contributed by atoms with Crippen molar-refractivity contribution in [2.75, 3.05) is 104 Å². The van der Waals surface area contributed by atoms with E-state index < -0.39 is 175 Å². The summed E-state index contributed by atoms with van der Waals surface area (Å²) in [6.07, 6.45) is -6.73. The molecular formula is C106H153N13O27. The van der Waals surface area contributed by atoms with E-state index in [1.165, 1.54) is 17.5 Å². The first-order chi connectivity index (χ1) is 70.0. The van der Waals surface area contributed by atoms with E-state index in [2.05, 4.69) is 67.5 Å². The lowest BCUT2D eigenvalue weighted by atomic mass is 9.49. The third kappa shape index (κ3) is 26.5. The smallest absolute Gasteiger partial charge is 0.246 e. The number of hydrogen-bond acceptors (Lipinski definition) is 33. The fourth-order valence-corrected chi connectivity index (χ4v) is 23.4. The number of carbonyl (C=O) groups is 10. The highest BCUT2D eigenvalue weighted by atomic mass is 16.7. The summed E-state index contributed by atoms with van der Waals surface area (Å²) < 4.78 is 46.4. The van der Waals surface area contributed by atoms with Crippen LogP contribution in [0.15, 0.2) is 96.3 Å². The Kier molecular flexibility index (Phi) is 40.2. The molecule has 5 aliphatic carbocycles. The van der Waals surface area contributed by atoms with Crippen LogP contribution in [0.5, 0.6) is 5.75 Å². The summed E-state index contributed by atoms with van der Waals surface area (Å²) in [6.45, 7) is 12.6. The molecule has 2 saturated carbocycles. The van der Waals surface area contributed by atoms with Crippen molar-refractivity contribution >= 4 is 75.9 Å². The number of nitrogens with zero attached hydrogens (tertiary/aromatic N) is 2. The number of carbonyl (C=O) groups excluding carboxylic acids is 10. The summed E-state index contributed by atoms with van der Waals surface area (Å²) in [5.74, 6) is -0.0173. The van der Waals surface area contributed by atoms with Crippen molar-refractivity contribution in [2.45, 2.75) is 299 Å². The first-order valence-corrected chi connectivity index (χ1v) is 51.9. The van der Waals surface area contributed by atoms with Crippen LogP contribution >= 0.6 is 0 Å². The minimum atomic E-state index is -1.85. The monoisotopic (exact) mass is 2040 g/mol. The highest BCUT2D eigenvalue weighted by molar-refractivity contribution is 6.03. The number of benzene rings is 4. The van der Waals surface area contributed by atoms with Crippen molar-refractivity contribution in [1.82, 2.24) is 58.6 Å². The molecule has 146 heavy (non-hydrogen) atoms. The number of anilines is 1. The standard InChI is InChI=1S/C106H153N13O27/c1-61(2)87(77(125)52-62(3)97(135)112-73(57-120)76(124)54-63-27-28-64-30-33-81-103(4,70(64)53-63)38-18-40-105(81,6)101(137)114-102(138)106(7)41-19-39-104(5)71-55-67(123)32-29-65(71)31-34-82(104)106)113-98(136)72(23-16-17-42-109-85(128)60-143-78-26-11-9-10-25-75-90(78)116-117-119(75)99-94(133)93(132)96(80(59-122)144-99)146-100-95(134)92(131)91(130)79(58-121)145-100)111-84(127)37-44-139-46-48-141-50-51-142-49-47-140-45-43-110-83(126)35-36-86(129)118-56-66-20-12-13-21-68(66)88(108-8)89(115-107)69-22-14-15-24-74(69)118/h12-15,20-22,24,27-29,32,53,55,61-62,72-73,78-82,87,91-96,99-100,108,115-117,120-123,130-134H,9-11,16-19,23,25-26,30-31,33-52,54,56-60,107H2,1-8H3,(H,109,128)(H,110,126)(H,111,127)(H,112,135)(H,113,136)(H,114,137,138)/b89-88-/t62-,72-,73+,78?,79-,80-,81-,82-,87+,91-,92+,93-,94-,95-,96-,99+,100-,103-,104-,105+,106+/m1/s1. The molecule has 0 bridgehead atoms. The largest absolute Gasteiger partial charge is 0.508 e. The average molecular weight is 2040 g/mol. The summed E-state index contributed by atoms with van der Waals surface area (Å²) in [7, 11) is 1.81. The molecule has 0 radical (unpaired) electrons. The van der Waals surface area contributed by atoms with Crippen LogP contribution in [0.3, 0.4) is 0 Å². The maximum Gasteiger partial charge on any atom is 0.246 e. The van der Waals surface area contributed by atoms with Gasteiger partial charge in [0.15, 0.2) is 24.1 Å². The van der Waals surface area contributed by atoms with Gasteiger partial charge in [-0.2, -0.15) is 0 Å². The number of aromatic hydroxyl groups is 1. The van der Waals surface area contributed by atoms with Crippen LogP contribution in [0, 0.1) is 34.5 Å². The zero-order valence-electron chi connectivity index (χ0n) is 85.2. The number of imide groups is 1. The van der Waals surface area contributed by atoms with Crippen LogP contribution in [-0.4, -0.2) is 295 Å². The molecule has 4 aliphatic heterocycles. The Balaban J connectivity index is 0.565. The van der Waals surface area contributed by atoms with Crippen molar-refractivity contribution in [2.24, 2.45) is 40.3 Å². The van der Waals surface area contributed by atoms with Crippen molar-refractivity contribution < 1.29 is 132 Å². The van der Waals surface area contributed by atoms with E-state index in [4.69, 9.17) is 43.7 Å². The number of aliphatic hydroxyl groups is 8. The highest BCUT2D eigenvalue weighted by Crippen LogP contribution is 2.60. The van der Waals surface area contributed by atoms with Crippen LogP contribution in [-0.2, 0) is 122 Å². The van der Waals surface area contributed by atoms with Gasteiger partial charge in [0.1, 0.15) is 79.4 Å². The zero-order chi connectivity index (χ0) is 105. The lowest BCUT2D eigenvalue weighted by Crippen LogP contribution is -2.67. The molecule has 4 fully saturated rings. The molecular weight excluding hydrogens is 1890 g/mol. The zero-order valence-corrected chi connectivity index (χ0v) is 85.2. The number of unbranched alkanes of at least 4 members (excludes halogenated alkanes) is 1. The predicted molar refractivity (Wildman–Crippen MR) is 534 cm³/mol. The lowest BCUT2D eigenvalue weighted by molar-refractivity contribution is -0.349. The van der Waals surface area contributed by atoms with E-state index in [0.29, 0.717) is 86.1 Å². The number of ketones is 2. The number of ether oxygens (including phenoxy) is 8. The Morgan fingerprint density at radius 1 is 0.568 bits per heavy atom. The number of rotatable bonds is 48. The minimum absolute atomic E-state index is 0.0367. The molecule has 21 atom stereocenters. The molecule has 1 unspecified atom stereocenters. The van der Waals surface area contributed by atoms with Gasteiger partial charge in [-0.1, -0.05) is 141 Å². The maximum absolute atomic E-state index is 15.0. The number of allylic oxidation sites excluding steroid dienone is 1. The molecule has 2 saturated heterocycles. The molecule has 8 amide bonds. The molecule has 9 aliphatic rings. The van der Waals surface area contributed by atoms with Crippen LogP contribution < -0.4 is 64.3 Å². The van der Waals surface area contributed by atoms with Crippen LogP contribution in [0.4, 0.5) is 5.69 Å².